The van der Waals surface area contributed by atoms with Crippen LogP contribution in [0, 0.1) is 0 Å². The third kappa shape index (κ3) is 5.35. The van der Waals surface area contributed by atoms with E-state index in [0.717, 1.165) is 13.1 Å². The van der Waals surface area contributed by atoms with Gasteiger partial charge in [-0.05, 0) is 42.9 Å². The van der Waals surface area contributed by atoms with Crippen molar-refractivity contribution in [2.45, 2.75) is 19.9 Å². The zero-order chi connectivity index (χ0) is 28.0. The van der Waals surface area contributed by atoms with Crippen LogP contribution in [0.5, 0.6) is 28.7 Å². The summed E-state index contributed by atoms with van der Waals surface area (Å²) in [7, 11) is 7.43. The number of ether oxygens (including phenoxy) is 5. The fraction of sp³-hybridized carbons (Fsp3) is 0.429. The fourth-order valence-electron chi connectivity index (χ4n) is 4.64. The number of aliphatic hydroxyl groups excluding tert-OH is 1. The minimum absolute atomic E-state index is 0.0627. The van der Waals surface area contributed by atoms with E-state index in [1.807, 2.05) is 13.8 Å². The molecule has 1 fully saturated rings. The Bertz CT molecular complexity index is 1180. The number of hydrogen-bond donors (Lipinski definition) is 1. The second-order valence-electron chi connectivity index (χ2n) is 8.54. The molecule has 10 nitrogen and oxygen atoms in total. The predicted octanol–water partition coefficient (Wildman–Crippen LogP) is 3.49. The molecule has 0 aliphatic carbocycles. The summed E-state index contributed by atoms with van der Waals surface area (Å²) in [6.07, 6.45) is 0. The lowest BCUT2D eigenvalue weighted by molar-refractivity contribution is -0.140. The molecule has 0 saturated carbocycles. The molecule has 0 spiro atoms. The van der Waals surface area contributed by atoms with Gasteiger partial charge in [0, 0.05) is 19.2 Å². The third-order valence-corrected chi connectivity index (χ3v) is 6.76. The molecule has 38 heavy (non-hydrogen) atoms. The van der Waals surface area contributed by atoms with Gasteiger partial charge in [-0.2, -0.15) is 0 Å². The van der Waals surface area contributed by atoms with E-state index in [4.69, 9.17) is 23.7 Å². The number of hydrogen-bond acceptors (Lipinski definition) is 9. The molecule has 3 rings (SSSR count). The molecule has 1 unspecified atom stereocenters. The normalized spacial score (nSPS) is 16.6. The second-order valence-corrected chi connectivity index (χ2v) is 8.54. The summed E-state index contributed by atoms with van der Waals surface area (Å²) in [5.41, 5.74) is 0.715. The molecule has 1 aliphatic heterocycles. The summed E-state index contributed by atoms with van der Waals surface area (Å²) < 4.78 is 27.2. The molecule has 2 aromatic rings. The third-order valence-electron chi connectivity index (χ3n) is 6.76. The Hall–Kier alpha value is -3.92. The highest BCUT2D eigenvalue weighted by Crippen LogP contribution is 2.46. The van der Waals surface area contributed by atoms with Gasteiger partial charge in [-0.25, -0.2) is 0 Å². The lowest BCUT2D eigenvalue weighted by atomic mass is 9.94. The van der Waals surface area contributed by atoms with Gasteiger partial charge in [0.25, 0.3) is 11.7 Å². The van der Waals surface area contributed by atoms with Crippen LogP contribution in [0.2, 0.25) is 0 Å². The topological polar surface area (TPSA) is 107 Å². The van der Waals surface area contributed by atoms with Crippen LogP contribution in [0.4, 0.5) is 0 Å². The summed E-state index contributed by atoms with van der Waals surface area (Å²) in [4.78, 5) is 30.5. The molecule has 1 amide bonds. The summed E-state index contributed by atoms with van der Waals surface area (Å²) in [5, 5.41) is 11.5. The molecule has 1 saturated heterocycles. The Labute approximate surface area is 223 Å². The zero-order valence-electron chi connectivity index (χ0n) is 23.0. The quantitative estimate of drug-likeness (QED) is 0.252. The van der Waals surface area contributed by atoms with E-state index in [-0.39, 0.29) is 23.4 Å². The number of benzene rings is 2. The Morgan fingerprint density at radius 1 is 0.868 bits per heavy atom. The van der Waals surface area contributed by atoms with E-state index < -0.39 is 17.7 Å². The standard InChI is InChI=1S/C28H36N2O8/c1-8-29(9-2)12-13-30-24(17-14-21(36-5)27(38-7)22(15-17)37-6)23(26(32)28(30)33)25(31)19-11-10-18(34-3)16-20(19)35-4/h10-11,14-16,24,31H,8-9,12-13H2,1-7H3/b25-23+. The zero-order valence-corrected chi connectivity index (χ0v) is 23.0. The first-order valence-electron chi connectivity index (χ1n) is 12.3. The van der Waals surface area contributed by atoms with E-state index in [2.05, 4.69) is 4.90 Å². The molecule has 1 aliphatic rings. The Kier molecular flexibility index (Phi) is 9.46. The maximum atomic E-state index is 13.5. The fourth-order valence-corrected chi connectivity index (χ4v) is 4.64. The van der Waals surface area contributed by atoms with Gasteiger partial charge in [-0.15, -0.1) is 0 Å². The molecular formula is C28H36N2O8. The number of likely N-dealkylation sites (tertiary alicyclic amines) is 1. The molecule has 0 bridgehead atoms. The van der Waals surface area contributed by atoms with Crippen LogP contribution < -0.4 is 23.7 Å². The van der Waals surface area contributed by atoms with Gasteiger partial charge in [-0.3, -0.25) is 9.59 Å². The van der Waals surface area contributed by atoms with Crippen LogP contribution in [-0.4, -0.2) is 88.3 Å². The number of carbonyl (C=O) groups is 2. The van der Waals surface area contributed by atoms with Gasteiger partial charge in [-0.1, -0.05) is 13.8 Å². The number of amides is 1. The number of ketones is 1. The second kappa shape index (κ2) is 12.6. The lowest BCUT2D eigenvalue weighted by Crippen LogP contribution is -2.38. The number of Topliss-reactive ketones (excluding diaryl/α,β-unsaturated/α-hetero) is 1. The van der Waals surface area contributed by atoms with Gasteiger partial charge >= 0.3 is 0 Å². The van der Waals surface area contributed by atoms with Crippen molar-refractivity contribution < 1.29 is 38.4 Å². The average molecular weight is 529 g/mol. The molecule has 10 heteroatoms. The summed E-state index contributed by atoms with van der Waals surface area (Å²) >= 11 is 0. The number of aliphatic hydroxyl groups is 1. The molecule has 0 aromatic heterocycles. The highest BCUT2D eigenvalue weighted by molar-refractivity contribution is 6.46. The highest BCUT2D eigenvalue weighted by Gasteiger charge is 2.46. The molecule has 1 atom stereocenters. The Morgan fingerprint density at radius 2 is 1.47 bits per heavy atom. The summed E-state index contributed by atoms with van der Waals surface area (Å²) in [5.74, 6) is 0.0433. The van der Waals surface area contributed by atoms with Crippen molar-refractivity contribution in [1.82, 2.24) is 9.80 Å². The van der Waals surface area contributed by atoms with Crippen LogP contribution in [0.25, 0.3) is 5.76 Å². The Balaban J connectivity index is 2.27. The van der Waals surface area contributed by atoms with Crippen molar-refractivity contribution in [1.29, 1.82) is 0 Å². The molecule has 0 radical (unpaired) electrons. The van der Waals surface area contributed by atoms with Crippen LogP contribution in [0.1, 0.15) is 31.0 Å². The van der Waals surface area contributed by atoms with Gasteiger partial charge < -0.3 is 38.6 Å². The maximum Gasteiger partial charge on any atom is 0.295 e. The van der Waals surface area contributed by atoms with Gasteiger partial charge in [0.15, 0.2) is 11.5 Å². The maximum absolute atomic E-state index is 13.5. The Morgan fingerprint density at radius 3 is 1.97 bits per heavy atom. The van der Waals surface area contributed by atoms with E-state index in [1.54, 1.807) is 30.3 Å². The lowest BCUT2D eigenvalue weighted by Gasteiger charge is -2.29. The number of carbonyl (C=O) groups excluding carboxylic acids is 2. The van der Waals surface area contributed by atoms with Crippen molar-refractivity contribution in [3.8, 4) is 28.7 Å². The first-order chi connectivity index (χ1) is 18.3. The minimum atomic E-state index is -0.911. The van der Waals surface area contributed by atoms with E-state index in [1.165, 1.54) is 40.4 Å². The molecule has 1 N–H and O–H groups in total. The number of likely N-dealkylation sites (N-methyl/N-ethyl adjacent to an activating group) is 1. The van der Waals surface area contributed by atoms with E-state index >= 15 is 0 Å². The first kappa shape index (κ1) is 28.6. The summed E-state index contributed by atoms with van der Waals surface area (Å²) in [6.45, 7) is 6.46. The molecular weight excluding hydrogens is 492 g/mol. The first-order valence-corrected chi connectivity index (χ1v) is 12.3. The SMILES string of the molecule is CCN(CC)CCN1C(=O)C(=O)/C(=C(/O)c2ccc(OC)cc2OC)C1c1cc(OC)c(OC)c(OC)c1. The smallest absolute Gasteiger partial charge is 0.295 e. The van der Waals surface area contributed by atoms with Crippen LogP contribution >= 0.6 is 0 Å². The number of methoxy groups -OCH3 is 5. The molecule has 2 aromatic carbocycles. The van der Waals surface area contributed by atoms with Crippen LogP contribution in [0.15, 0.2) is 35.9 Å². The van der Waals surface area contributed by atoms with Crippen molar-refractivity contribution >= 4 is 17.4 Å². The molecule has 206 valence electrons. The van der Waals surface area contributed by atoms with Crippen LogP contribution in [0.3, 0.4) is 0 Å². The largest absolute Gasteiger partial charge is 0.507 e. The van der Waals surface area contributed by atoms with Gasteiger partial charge in [0.1, 0.15) is 17.3 Å². The van der Waals surface area contributed by atoms with Crippen molar-refractivity contribution in [3.63, 3.8) is 0 Å². The van der Waals surface area contributed by atoms with E-state index in [9.17, 15) is 14.7 Å². The molecule has 1 heterocycles. The van der Waals surface area contributed by atoms with E-state index in [0.29, 0.717) is 40.9 Å². The van der Waals surface area contributed by atoms with Crippen LogP contribution in [-0.2, 0) is 9.59 Å². The minimum Gasteiger partial charge on any atom is -0.507 e. The average Bonchev–Trinajstić information content (AvgIpc) is 3.21. The van der Waals surface area contributed by atoms with Gasteiger partial charge in [0.2, 0.25) is 5.75 Å². The number of rotatable bonds is 12. The predicted molar refractivity (Wildman–Crippen MR) is 142 cm³/mol. The van der Waals surface area contributed by atoms with Gasteiger partial charge in [0.05, 0.1) is 52.7 Å². The van der Waals surface area contributed by atoms with Crippen molar-refractivity contribution in [2.75, 3.05) is 61.7 Å². The number of nitrogens with zero attached hydrogens (tertiary/aromatic N) is 2. The van der Waals surface area contributed by atoms with Crippen molar-refractivity contribution in [3.05, 3.63) is 47.0 Å². The highest BCUT2D eigenvalue weighted by atomic mass is 16.5. The monoisotopic (exact) mass is 528 g/mol. The van der Waals surface area contributed by atoms with Crippen molar-refractivity contribution in [2.24, 2.45) is 0 Å². The summed E-state index contributed by atoms with van der Waals surface area (Å²) in [6, 6.07) is 7.28.